The largest absolute Gasteiger partial charge is 0.502 e. The topological polar surface area (TPSA) is 67.2 Å². The molecule has 1 aromatic heterocycles. The lowest BCUT2D eigenvalue weighted by atomic mass is 10.0. The van der Waals surface area contributed by atoms with Crippen molar-refractivity contribution >= 4 is 28.8 Å². The van der Waals surface area contributed by atoms with Crippen molar-refractivity contribution in [3.05, 3.63) is 106 Å². The SMILES string of the molecule is O=[N+]([O-])c1ccc(/C=C2\C(c3ccccc3)=C(O)c3cccc[n+]32)cc1. The van der Waals surface area contributed by atoms with Gasteiger partial charge < -0.3 is 5.11 Å². The summed E-state index contributed by atoms with van der Waals surface area (Å²) in [6.07, 6.45) is 3.80. The van der Waals surface area contributed by atoms with E-state index in [2.05, 4.69) is 0 Å². The second kappa shape index (κ2) is 6.29. The highest BCUT2D eigenvalue weighted by Crippen LogP contribution is 2.36. The van der Waals surface area contributed by atoms with E-state index in [1.807, 2.05) is 65.4 Å². The van der Waals surface area contributed by atoms with Crippen molar-refractivity contribution < 1.29 is 14.6 Å². The number of nitro benzene ring substituents is 1. The highest BCUT2D eigenvalue weighted by atomic mass is 16.6. The molecule has 0 unspecified atom stereocenters. The van der Waals surface area contributed by atoms with E-state index < -0.39 is 4.92 Å². The predicted octanol–water partition coefficient (Wildman–Crippen LogP) is 4.32. The summed E-state index contributed by atoms with van der Waals surface area (Å²) in [6, 6.07) is 21.6. The van der Waals surface area contributed by atoms with Crippen LogP contribution in [0.1, 0.15) is 16.8 Å². The van der Waals surface area contributed by atoms with Crippen LogP contribution in [0, 0.1) is 10.1 Å². The Hall–Kier alpha value is -3.73. The molecule has 0 saturated carbocycles. The van der Waals surface area contributed by atoms with Crippen LogP contribution < -0.4 is 4.57 Å². The number of aromatic nitrogens is 1. The molecule has 1 N–H and O–H groups in total. The first kappa shape index (κ1) is 15.8. The predicted molar refractivity (Wildman–Crippen MR) is 99.8 cm³/mol. The summed E-state index contributed by atoms with van der Waals surface area (Å²) in [5.74, 6) is 0.213. The standard InChI is InChI=1S/C21H14N2O3/c24-21-18-8-4-5-13-22(18)19(20(21)16-6-2-1-3-7-16)14-15-9-11-17(12-10-15)23(25)26/h1-14H/p+1/b19-14+. The van der Waals surface area contributed by atoms with Gasteiger partial charge in [0.25, 0.3) is 11.4 Å². The number of nitrogens with zero attached hydrogens (tertiary/aromatic N) is 2. The molecule has 0 radical (unpaired) electrons. The van der Waals surface area contributed by atoms with E-state index in [0.717, 1.165) is 22.4 Å². The average molecular weight is 343 g/mol. The van der Waals surface area contributed by atoms with Gasteiger partial charge in [0.1, 0.15) is 5.57 Å². The minimum atomic E-state index is -0.419. The number of aliphatic hydroxyl groups is 1. The Labute approximate surface area is 149 Å². The maximum Gasteiger partial charge on any atom is 0.269 e. The first-order valence-corrected chi connectivity index (χ1v) is 8.12. The number of pyridine rings is 1. The number of hydrogen-bond acceptors (Lipinski definition) is 3. The molecule has 3 aromatic rings. The van der Waals surface area contributed by atoms with Gasteiger partial charge in [-0.25, -0.2) is 0 Å². The van der Waals surface area contributed by atoms with Crippen molar-refractivity contribution in [1.82, 2.24) is 0 Å². The van der Waals surface area contributed by atoms with Crippen molar-refractivity contribution in [1.29, 1.82) is 0 Å². The summed E-state index contributed by atoms with van der Waals surface area (Å²) in [7, 11) is 0. The lowest BCUT2D eigenvalue weighted by molar-refractivity contribution is -0.576. The van der Waals surface area contributed by atoms with Crippen LogP contribution >= 0.6 is 0 Å². The molecule has 0 bridgehead atoms. The minimum absolute atomic E-state index is 0.0493. The van der Waals surface area contributed by atoms with Gasteiger partial charge in [0.2, 0.25) is 11.5 Å². The van der Waals surface area contributed by atoms with Crippen LogP contribution in [0.4, 0.5) is 5.69 Å². The molecule has 0 aliphatic carbocycles. The van der Waals surface area contributed by atoms with Crippen LogP contribution in [0.2, 0.25) is 0 Å². The summed E-state index contributed by atoms with van der Waals surface area (Å²) < 4.78 is 1.92. The summed E-state index contributed by atoms with van der Waals surface area (Å²) in [5.41, 5.74) is 4.03. The van der Waals surface area contributed by atoms with E-state index in [0.29, 0.717) is 5.69 Å². The third-order valence-electron chi connectivity index (χ3n) is 4.32. The molecule has 2 aromatic carbocycles. The summed E-state index contributed by atoms with van der Waals surface area (Å²) in [6.45, 7) is 0. The Morgan fingerprint density at radius 2 is 1.62 bits per heavy atom. The molecular weight excluding hydrogens is 328 g/mol. The van der Waals surface area contributed by atoms with Gasteiger partial charge in [-0.05, 0) is 29.3 Å². The molecule has 26 heavy (non-hydrogen) atoms. The fourth-order valence-electron chi connectivity index (χ4n) is 3.10. The van der Waals surface area contributed by atoms with Crippen molar-refractivity contribution in [3.63, 3.8) is 0 Å². The van der Waals surface area contributed by atoms with E-state index >= 15 is 0 Å². The number of fused-ring (bicyclic) bond motifs is 1. The highest BCUT2D eigenvalue weighted by Gasteiger charge is 2.35. The highest BCUT2D eigenvalue weighted by molar-refractivity contribution is 6.11. The van der Waals surface area contributed by atoms with Crippen molar-refractivity contribution in [2.24, 2.45) is 0 Å². The maximum absolute atomic E-state index is 10.8. The van der Waals surface area contributed by atoms with E-state index in [-0.39, 0.29) is 11.4 Å². The second-order valence-electron chi connectivity index (χ2n) is 5.92. The van der Waals surface area contributed by atoms with Gasteiger partial charge in [0.05, 0.1) is 4.92 Å². The normalized spacial score (nSPS) is 14.5. The second-order valence-corrected chi connectivity index (χ2v) is 5.92. The number of nitro groups is 1. The number of benzene rings is 2. The summed E-state index contributed by atoms with van der Waals surface area (Å²) in [4.78, 5) is 10.4. The molecule has 0 atom stereocenters. The molecule has 0 fully saturated rings. The van der Waals surface area contributed by atoms with Gasteiger partial charge in [-0.3, -0.25) is 10.1 Å². The van der Waals surface area contributed by atoms with E-state index in [4.69, 9.17) is 0 Å². The molecule has 0 spiro atoms. The van der Waals surface area contributed by atoms with Crippen LogP contribution in [0.15, 0.2) is 79.0 Å². The third-order valence-corrected chi connectivity index (χ3v) is 4.32. The van der Waals surface area contributed by atoms with Crippen molar-refractivity contribution in [3.8, 4) is 0 Å². The van der Waals surface area contributed by atoms with E-state index in [1.165, 1.54) is 12.1 Å². The number of aliphatic hydroxyl groups excluding tert-OH is 1. The first-order chi connectivity index (χ1) is 12.6. The fraction of sp³-hybridized carbons (Fsp3) is 0. The smallest absolute Gasteiger partial charge is 0.269 e. The van der Waals surface area contributed by atoms with Crippen LogP contribution in [0.3, 0.4) is 0 Å². The average Bonchev–Trinajstić information content (AvgIpc) is 2.95. The van der Waals surface area contributed by atoms with Gasteiger partial charge >= 0.3 is 0 Å². The molecule has 1 aliphatic heterocycles. The molecule has 5 nitrogen and oxygen atoms in total. The molecule has 1 aliphatic rings. The summed E-state index contributed by atoms with van der Waals surface area (Å²) in [5, 5.41) is 21.6. The first-order valence-electron chi connectivity index (χ1n) is 8.12. The summed E-state index contributed by atoms with van der Waals surface area (Å²) >= 11 is 0. The van der Waals surface area contributed by atoms with Crippen LogP contribution in [0.5, 0.6) is 0 Å². The maximum atomic E-state index is 10.8. The van der Waals surface area contributed by atoms with Crippen LogP contribution in [0.25, 0.3) is 23.1 Å². The Morgan fingerprint density at radius 3 is 2.31 bits per heavy atom. The molecular formula is C21H15N2O3+. The van der Waals surface area contributed by atoms with Crippen LogP contribution in [-0.4, -0.2) is 10.0 Å². The number of rotatable bonds is 3. The third kappa shape index (κ3) is 2.65. The lowest BCUT2D eigenvalue weighted by Crippen LogP contribution is -2.32. The Kier molecular flexibility index (Phi) is 3.82. The number of hydrogen-bond donors (Lipinski definition) is 1. The van der Waals surface area contributed by atoms with Gasteiger partial charge in [-0.2, -0.15) is 4.57 Å². The number of allylic oxidation sites excluding steroid dienone is 2. The zero-order chi connectivity index (χ0) is 18.1. The molecule has 0 amide bonds. The fourth-order valence-corrected chi connectivity index (χ4v) is 3.10. The van der Waals surface area contributed by atoms with Gasteiger partial charge in [0, 0.05) is 30.3 Å². The Bertz CT molecular complexity index is 1050. The molecule has 4 rings (SSSR count). The molecule has 126 valence electrons. The van der Waals surface area contributed by atoms with Gasteiger partial charge in [0.15, 0.2) is 6.20 Å². The zero-order valence-corrected chi connectivity index (χ0v) is 13.7. The van der Waals surface area contributed by atoms with Gasteiger partial charge in [-0.15, -0.1) is 0 Å². The molecule has 5 heteroatoms. The number of non-ortho nitro benzene ring substituents is 1. The quantitative estimate of drug-likeness (QED) is 0.437. The lowest BCUT2D eigenvalue weighted by Gasteiger charge is -2.02. The van der Waals surface area contributed by atoms with E-state index in [9.17, 15) is 15.2 Å². The minimum Gasteiger partial charge on any atom is -0.502 e. The van der Waals surface area contributed by atoms with E-state index in [1.54, 1.807) is 12.1 Å². The molecule has 0 saturated heterocycles. The molecule has 2 heterocycles. The Morgan fingerprint density at radius 1 is 0.923 bits per heavy atom. The monoisotopic (exact) mass is 343 g/mol. The Balaban J connectivity index is 1.88. The van der Waals surface area contributed by atoms with Crippen LogP contribution in [-0.2, 0) is 0 Å². The van der Waals surface area contributed by atoms with Crippen molar-refractivity contribution in [2.45, 2.75) is 0 Å². The zero-order valence-electron chi connectivity index (χ0n) is 13.7. The van der Waals surface area contributed by atoms with Gasteiger partial charge in [-0.1, -0.05) is 30.3 Å². The van der Waals surface area contributed by atoms with Crippen molar-refractivity contribution in [2.75, 3.05) is 0 Å².